The quantitative estimate of drug-likeness (QED) is 0.190. The second-order valence-electron chi connectivity index (χ2n) is 2.41. The molecule has 0 heterocycles. The minimum absolute atomic E-state index is 0.476. The number of rotatable bonds is 6. The Morgan fingerprint density at radius 3 is 1.55 bits per heavy atom. The van der Waals surface area contributed by atoms with Gasteiger partial charge in [-0.25, -0.2) is 0 Å². The molecule has 0 aliphatic carbocycles. The molecule has 0 aromatic heterocycles. The molecular weight excluding hydrogens is 302 g/mol. The van der Waals surface area contributed by atoms with Gasteiger partial charge in [0.05, 0.1) is 0 Å². The fraction of sp³-hybridized carbons (Fsp3) is 0.375. The van der Waals surface area contributed by atoms with E-state index >= 15 is 0 Å². The Hall–Kier alpha value is -3.90. The number of azide groups is 3. The standard InChI is InChI=1S/C4H4N6O3.C2H3N3O2.C2H2/c5-9-7-1-3(11)13-4(12)2-8-10-6;3-5-4-1-2(6)7;1-2/h1-2H2;1H2,(H,6,7);1-2H/i;;1D. The number of carboxylic acid groups (broad SMARTS) is 1. The number of esters is 2. The number of nitrogens with zero attached hydrogens (tertiary/aromatic N) is 9. The van der Waals surface area contributed by atoms with Crippen LogP contribution in [0.2, 0.25) is 0 Å². The molecule has 0 aromatic rings. The maximum absolute atomic E-state index is 10.5. The van der Waals surface area contributed by atoms with Crippen LogP contribution in [0.3, 0.4) is 0 Å². The Labute approximate surface area is 124 Å². The smallest absolute Gasteiger partial charge is 0.319 e. The number of ether oxygens (including phenoxy) is 1. The lowest BCUT2D eigenvalue weighted by Crippen LogP contribution is -2.16. The van der Waals surface area contributed by atoms with Gasteiger partial charge in [-0.3, -0.25) is 14.4 Å². The van der Waals surface area contributed by atoms with Crippen molar-refractivity contribution in [3.8, 4) is 12.8 Å². The van der Waals surface area contributed by atoms with Crippen molar-refractivity contribution >= 4 is 17.9 Å². The van der Waals surface area contributed by atoms with Crippen molar-refractivity contribution in [2.24, 2.45) is 15.3 Å². The molecule has 14 nitrogen and oxygen atoms in total. The first kappa shape index (κ1) is 20.4. The van der Waals surface area contributed by atoms with E-state index in [0.29, 0.717) is 0 Å². The van der Waals surface area contributed by atoms with E-state index in [-0.39, 0.29) is 0 Å². The average Bonchev–Trinajstić information content (AvgIpc) is 2.50. The van der Waals surface area contributed by atoms with E-state index in [1.54, 1.807) is 0 Å². The summed E-state index contributed by atoms with van der Waals surface area (Å²) in [5, 5.41) is 16.2. The summed E-state index contributed by atoms with van der Waals surface area (Å²) in [7, 11) is 0. The van der Waals surface area contributed by atoms with E-state index in [1.165, 1.54) is 6.40 Å². The van der Waals surface area contributed by atoms with Crippen LogP contribution in [0.15, 0.2) is 15.3 Å². The number of carbonyl (C=O) groups excluding carboxylic acids is 2. The van der Waals surface area contributed by atoms with Crippen LogP contribution in [-0.4, -0.2) is 42.6 Å². The molecular formula is C8H9N9O5. The van der Waals surface area contributed by atoms with Gasteiger partial charge in [-0.1, -0.05) is 15.3 Å². The monoisotopic (exact) mass is 312 g/mol. The van der Waals surface area contributed by atoms with Crippen molar-refractivity contribution in [1.29, 1.82) is 0 Å². The predicted octanol–water partition coefficient (Wildman–Crippen LogP) is 1.31. The summed E-state index contributed by atoms with van der Waals surface area (Å²) in [6.07, 6.45) is 5.76. The molecule has 14 heteroatoms. The van der Waals surface area contributed by atoms with Gasteiger partial charge in [0.25, 0.3) is 0 Å². The molecule has 0 saturated carbocycles. The van der Waals surface area contributed by atoms with E-state index in [4.69, 9.17) is 23.1 Å². The maximum atomic E-state index is 10.5. The molecule has 0 radical (unpaired) electrons. The fourth-order valence-electron chi connectivity index (χ4n) is 0.462. The van der Waals surface area contributed by atoms with E-state index in [2.05, 4.69) is 41.2 Å². The second kappa shape index (κ2) is 19.4. The molecule has 0 aliphatic heterocycles. The van der Waals surface area contributed by atoms with Crippen LogP contribution in [0.5, 0.6) is 0 Å². The van der Waals surface area contributed by atoms with Crippen molar-refractivity contribution in [2.45, 2.75) is 0 Å². The molecule has 0 aliphatic rings. The summed E-state index contributed by atoms with van der Waals surface area (Å²) in [6, 6.07) is 0. The van der Waals surface area contributed by atoms with Crippen LogP contribution >= 0.6 is 0 Å². The Kier molecular flexibility index (Phi) is 18.0. The zero-order valence-corrected chi connectivity index (χ0v) is 10.8. The van der Waals surface area contributed by atoms with E-state index < -0.39 is 37.5 Å². The lowest BCUT2D eigenvalue weighted by molar-refractivity contribution is -0.157. The minimum Gasteiger partial charge on any atom is -0.481 e. The molecule has 0 amide bonds. The third kappa shape index (κ3) is 25.1. The molecule has 22 heavy (non-hydrogen) atoms. The summed E-state index contributed by atoms with van der Waals surface area (Å²) < 4.78 is 9.78. The van der Waals surface area contributed by atoms with Gasteiger partial charge in [-0.15, -0.1) is 12.8 Å². The van der Waals surface area contributed by atoms with Crippen LogP contribution in [0.4, 0.5) is 0 Å². The summed E-state index contributed by atoms with van der Waals surface area (Å²) in [5.41, 5.74) is 23.1. The molecule has 0 aromatic carbocycles. The van der Waals surface area contributed by atoms with Crippen molar-refractivity contribution in [3.63, 3.8) is 0 Å². The van der Waals surface area contributed by atoms with Gasteiger partial charge in [0, 0.05) is 14.7 Å². The van der Waals surface area contributed by atoms with Crippen molar-refractivity contribution < 1.29 is 25.6 Å². The van der Waals surface area contributed by atoms with E-state index in [0.717, 1.165) is 0 Å². The second-order valence-corrected chi connectivity index (χ2v) is 2.41. The molecule has 0 bridgehead atoms. The van der Waals surface area contributed by atoms with Crippen LogP contribution in [0, 0.1) is 12.8 Å². The molecule has 0 fully saturated rings. The third-order valence-corrected chi connectivity index (χ3v) is 1.02. The van der Waals surface area contributed by atoms with Gasteiger partial charge in [-0.05, 0) is 16.6 Å². The predicted molar refractivity (Wildman–Crippen MR) is 70.7 cm³/mol. The van der Waals surface area contributed by atoms with Gasteiger partial charge in [0.1, 0.15) is 21.0 Å². The first-order chi connectivity index (χ1) is 10.9. The van der Waals surface area contributed by atoms with Crippen molar-refractivity contribution in [3.05, 3.63) is 31.3 Å². The van der Waals surface area contributed by atoms with Gasteiger partial charge >= 0.3 is 17.9 Å². The lowest BCUT2D eigenvalue weighted by atomic mass is 10.6. The fourth-order valence-corrected chi connectivity index (χ4v) is 0.462. The molecule has 0 rings (SSSR count). The SMILES string of the molecule is [2H]C#C.[N-]=[N+]=NCC(=O)O.[N-]=[N+]=NCC(=O)OC(=O)CN=[N+]=[N-]. The van der Waals surface area contributed by atoms with Gasteiger partial charge in [0.2, 0.25) is 0 Å². The summed E-state index contributed by atoms with van der Waals surface area (Å²) in [4.78, 5) is 37.3. The largest absolute Gasteiger partial charge is 0.481 e. The zero-order valence-electron chi connectivity index (χ0n) is 11.8. The summed E-state index contributed by atoms with van der Waals surface area (Å²) in [5.74, 6) is -3.09. The third-order valence-electron chi connectivity index (χ3n) is 1.02. The number of carbonyl (C=O) groups is 3. The van der Waals surface area contributed by atoms with Crippen LogP contribution in [0.1, 0.15) is 1.37 Å². The molecule has 1 N–H and O–H groups in total. The number of carboxylic acids is 1. The van der Waals surface area contributed by atoms with Crippen molar-refractivity contribution in [2.75, 3.05) is 19.6 Å². The van der Waals surface area contributed by atoms with Crippen LogP contribution in [0.25, 0.3) is 31.3 Å². The highest BCUT2D eigenvalue weighted by molar-refractivity contribution is 5.87. The van der Waals surface area contributed by atoms with E-state index in [1.807, 2.05) is 0 Å². The summed E-state index contributed by atoms with van der Waals surface area (Å²) >= 11 is 0. The zero-order chi connectivity index (χ0) is 18.5. The Balaban J connectivity index is -0.000000335. The molecule has 0 atom stereocenters. The number of terminal acetylenes is 1. The average molecular weight is 312 g/mol. The Morgan fingerprint density at radius 2 is 1.32 bits per heavy atom. The highest BCUT2D eigenvalue weighted by Gasteiger charge is 2.07. The van der Waals surface area contributed by atoms with E-state index in [9.17, 15) is 14.4 Å². The minimum atomic E-state index is -1.11. The molecule has 0 unspecified atom stereocenters. The highest BCUT2D eigenvalue weighted by atomic mass is 16.6. The summed E-state index contributed by atoms with van der Waals surface area (Å²) in [6.45, 7) is -1.62. The van der Waals surface area contributed by atoms with Crippen molar-refractivity contribution in [1.82, 2.24) is 0 Å². The van der Waals surface area contributed by atoms with Crippen LogP contribution in [-0.2, 0) is 19.1 Å². The van der Waals surface area contributed by atoms with Crippen LogP contribution < -0.4 is 0 Å². The number of hydrogen-bond donors (Lipinski definition) is 1. The maximum Gasteiger partial charge on any atom is 0.319 e. The lowest BCUT2D eigenvalue weighted by Gasteiger charge is -1.95. The normalized spacial score (nSPS) is 7.14. The highest BCUT2D eigenvalue weighted by Crippen LogP contribution is 1.84. The van der Waals surface area contributed by atoms with Gasteiger partial charge in [0.15, 0.2) is 0 Å². The first-order valence-electron chi connectivity index (χ1n) is 5.24. The van der Waals surface area contributed by atoms with Gasteiger partial charge < -0.3 is 9.84 Å². The van der Waals surface area contributed by atoms with Gasteiger partial charge in [-0.2, -0.15) is 0 Å². The number of aliphatic carboxylic acids is 1. The molecule has 116 valence electrons. The molecule has 0 saturated heterocycles. The topological polar surface area (TPSA) is 227 Å². The first-order valence-corrected chi connectivity index (χ1v) is 4.74. The number of hydrogen-bond acceptors (Lipinski definition) is 7. The Bertz CT molecular complexity index is 551. The molecule has 0 spiro atoms. The Morgan fingerprint density at radius 1 is 1.00 bits per heavy atom.